The minimum atomic E-state index is -0.568. The van der Waals surface area contributed by atoms with Gasteiger partial charge in [-0.1, -0.05) is 36.4 Å². The zero-order valence-electron chi connectivity index (χ0n) is 29.5. The zero-order valence-corrected chi connectivity index (χ0v) is 29.5. The van der Waals surface area contributed by atoms with E-state index in [1.807, 2.05) is 57.0 Å². The lowest BCUT2D eigenvalue weighted by Gasteiger charge is -2.29. The number of hydrogen-bond acceptors (Lipinski definition) is 8. The van der Waals surface area contributed by atoms with Crippen LogP contribution in [0, 0.1) is 23.6 Å². The van der Waals surface area contributed by atoms with E-state index in [0.717, 1.165) is 23.1 Å². The van der Waals surface area contributed by atoms with Crippen molar-refractivity contribution in [1.82, 2.24) is 29.5 Å². The SMILES string of the molecule is Cc1ccc(N2CC[C@]3(CCN(CC(=O)N4CC=C(c5ccc(-c6ncn(C)n6)cc5)CC4)C3)C2=O)nc1C(=N)c1ccc(OC(C)C)c(F)c1. The molecule has 3 aliphatic heterocycles. The van der Waals surface area contributed by atoms with Gasteiger partial charge in [-0.3, -0.25) is 29.5 Å². The maximum atomic E-state index is 14.8. The van der Waals surface area contributed by atoms with E-state index in [0.29, 0.717) is 68.5 Å². The average molecular weight is 691 g/mol. The summed E-state index contributed by atoms with van der Waals surface area (Å²) in [7, 11) is 1.85. The summed E-state index contributed by atoms with van der Waals surface area (Å²) < 4.78 is 22.0. The molecule has 0 bridgehead atoms. The van der Waals surface area contributed by atoms with Crippen LogP contribution in [0.25, 0.3) is 17.0 Å². The van der Waals surface area contributed by atoms with Crippen LogP contribution in [-0.4, -0.2) is 92.4 Å². The Morgan fingerprint density at radius 1 is 1.04 bits per heavy atom. The van der Waals surface area contributed by atoms with Gasteiger partial charge in [-0.05, 0) is 87.5 Å². The van der Waals surface area contributed by atoms with Gasteiger partial charge in [0.1, 0.15) is 12.1 Å². The number of carbonyl (C=O) groups excluding carboxylic acids is 2. The molecule has 0 radical (unpaired) electrons. The first-order chi connectivity index (χ1) is 24.5. The molecule has 2 amide bonds. The number of pyridine rings is 1. The third kappa shape index (κ3) is 6.92. The highest BCUT2D eigenvalue weighted by Gasteiger charge is 2.51. The smallest absolute Gasteiger partial charge is 0.237 e. The highest BCUT2D eigenvalue weighted by atomic mass is 19.1. The highest BCUT2D eigenvalue weighted by molar-refractivity contribution is 6.11. The predicted molar refractivity (Wildman–Crippen MR) is 193 cm³/mol. The molecule has 2 fully saturated rings. The molecule has 2 aromatic heterocycles. The fourth-order valence-corrected chi connectivity index (χ4v) is 7.33. The number of halogens is 1. The van der Waals surface area contributed by atoms with E-state index < -0.39 is 11.2 Å². The Morgan fingerprint density at radius 2 is 1.80 bits per heavy atom. The molecule has 3 aliphatic rings. The van der Waals surface area contributed by atoms with Gasteiger partial charge in [0.15, 0.2) is 17.4 Å². The fraction of sp³-hybridized carbons (Fsp3) is 0.385. The maximum Gasteiger partial charge on any atom is 0.237 e. The molecular weight excluding hydrogens is 647 g/mol. The largest absolute Gasteiger partial charge is 0.488 e. The van der Waals surface area contributed by atoms with Crippen LogP contribution < -0.4 is 9.64 Å². The summed E-state index contributed by atoms with van der Waals surface area (Å²) in [6.45, 7) is 8.72. The van der Waals surface area contributed by atoms with Crippen molar-refractivity contribution in [3.8, 4) is 17.1 Å². The number of rotatable bonds is 9. The monoisotopic (exact) mass is 690 g/mol. The summed E-state index contributed by atoms with van der Waals surface area (Å²) in [5.74, 6) is 0.855. The molecule has 4 aromatic rings. The lowest BCUT2D eigenvalue weighted by atomic mass is 9.85. The number of likely N-dealkylation sites (tertiary alicyclic amines) is 1. The van der Waals surface area contributed by atoms with Gasteiger partial charge in [0.25, 0.3) is 0 Å². The molecule has 2 saturated heterocycles. The Bertz CT molecular complexity index is 2020. The van der Waals surface area contributed by atoms with Crippen molar-refractivity contribution >= 4 is 28.9 Å². The molecule has 0 saturated carbocycles. The number of amides is 2. The normalized spacial score (nSPS) is 19.3. The van der Waals surface area contributed by atoms with E-state index >= 15 is 0 Å². The number of aromatic nitrogens is 4. The van der Waals surface area contributed by atoms with Crippen molar-refractivity contribution in [3.05, 3.63) is 95.2 Å². The summed E-state index contributed by atoms with van der Waals surface area (Å²) in [6.07, 6.45) is 5.78. The molecule has 2 aromatic carbocycles. The molecule has 12 heteroatoms. The van der Waals surface area contributed by atoms with Crippen molar-refractivity contribution in [2.24, 2.45) is 12.5 Å². The van der Waals surface area contributed by atoms with E-state index in [1.54, 1.807) is 22.0 Å². The molecule has 0 unspecified atom stereocenters. The van der Waals surface area contributed by atoms with Crippen LogP contribution in [-0.2, 0) is 16.6 Å². The minimum absolute atomic E-state index is 0.00269. The standard InChI is InChI=1S/C39H43FN8O3/c1-25(2)51-32-11-10-30(21-31(32)40)35(41)36-26(3)5-12-33(43-36)48-20-16-39(38(48)50)15-19-46(23-39)22-34(49)47-17-13-28(14-18-47)27-6-8-29(9-7-27)37-42-24-45(4)44-37/h5-13,21,24-25,41H,14-20,22-23H2,1-4H3/t39-/m0/s1. The van der Waals surface area contributed by atoms with E-state index in [2.05, 4.69) is 33.2 Å². The maximum absolute atomic E-state index is 14.8. The third-order valence-electron chi connectivity index (χ3n) is 10.2. The molecule has 7 rings (SSSR count). The first kappa shape index (κ1) is 34.2. The van der Waals surface area contributed by atoms with Gasteiger partial charge in [0, 0.05) is 44.4 Å². The van der Waals surface area contributed by atoms with Crippen LogP contribution in [0.1, 0.15) is 55.5 Å². The second-order valence-electron chi connectivity index (χ2n) is 14.1. The number of nitrogens with one attached hydrogen (secondary N) is 1. The molecule has 1 N–H and O–H groups in total. The molecular formula is C39H43FN8O3. The molecule has 264 valence electrons. The van der Waals surface area contributed by atoms with Gasteiger partial charge in [0.2, 0.25) is 11.8 Å². The second kappa shape index (κ2) is 13.8. The lowest BCUT2D eigenvalue weighted by Crippen LogP contribution is -2.43. The number of hydrogen-bond donors (Lipinski definition) is 1. The summed E-state index contributed by atoms with van der Waals surface area (Å²) in [5.41, 5.74) is 4.37. The number of benzene rings is 2. The summed E-state index contributed by atoms with van der Waals surface area (Å²) >= 11 is 0. The Balaban J connectivity index is 0.959. The van der Waals surface area contributed by atoms with Crippen LogP contribution in [0.4, 0.5) is 10.2 Å². The van der Waals surface area contributed by atoms with Crippen molar-refractivity contribution in [3.63, 3.8) is 0 Å². The molecule has 0 aliphatic carbocycles. The van der Waals surface area contributed by atoms with E-state index in [9.17, 15) is 14.0 Å². The van der Waals surface area contributed by atoms with Crippen molar-refractivity contribution in [2.45, 2.75) is 46.1 Å². The minimum Gasteiger partial charge on any atom is -0.488 e. The number of aryl methyl sites for hydroxylation is 2. The van der Waals surface area contributed by atoms with Crippen LogP contribution in [0.2, 0.25) is 0 Å². The fourth-order valence-electron chi connectivity index (χ4n) is 7.33. The number of anilines is 1. The van der Waals surface area contributed by atoms with Crippen molar-refractivity contribution in [2.75, 3.05) is 44.2 Å². The zero-order chi connectivity index (χ0) is 35.9. The van der Waals surface area contributed by atoms with Crippen LogP contribution in [0.3, 0.4) is 0 Å². The predicted octanol–water partition coefficient (Wildman–Crippen LogP) is 5.27. The van der Waals surface area contributed by atoms with Gasteiger partial charge >= 0.3 is 0 Å². The van der Waals surface area contributed by atoms with Crippen molar-refractivity contribution in [1.29, 1.82) is 5.41 Å². The highest BCUT2D eigenvalue weighted by Crippen LogP contribution is 2.42. The first-order valence-corrected chi connectivity index (χ1v) is 17.5. The molecule has 51 heavy (non-hydrogen) atoms. The van der Waals surface area contributed by atoms with Gasteiger partial charge < -0.3 is 9.64 Å². The van der Waals surface area contributed by atoms with E-state index in [-0.39, 0.29) is 35.9 Å². The van der Waals surface area contributed by atoms with E-state index in [4.69, 9.17) is 15.1 Å². The quantitative estimate of drug-likeness (QED) is 0.238. The summed E-state index contributed by atoms with van der Waals surface area (Å²) in [6, 6.07) is 16.4. The Hall–Kier alpha value is -5.23. The molecule has 1 atom stereocenters. The topological polar surface area (TPSA) is 121 Å². The van der Waals surface area contributed by atoms with Crippen LogP contribution >= 0.6 is 0 Å². The lowest BCUT2D eigenvalue weighted by molar-refractivity contribution is -0.132. The number of ether oxygens (including phenoxy) is 1. The molecule has 5 heterocycles. The Morgan fingerprint density at radius 3 is 2.49 bits per heavy atom. The van der Waals surface area contributed by atoms with Gasteiger partial charge in [0.05, 0.1) is 29.5 Å². The summed E-state index contributed by atoms with van der Waals surface area (Å²) in [4.78, 5) is 42.2. The first-order valence-electron chi connectivity index (χ1n) is 17.5. The van der Waals surface area contributed by atoms with Crippen molar-refractivity contribution < 1.29 is 18.7 Å². The molecule has 11 nitrogen and oxygen atoms in total. The Kier molecular flexibility index (Phi) is 9.28. The summed E-state index contributed by atoms with van der Waals surface area (Å²) in [5, 5.41) is 13.2. The van der Waals surface area contributed by atoms with Gasteiger partial charge in [-0.25, -0.2) is 14.4 Å². The third-order valence-corrected chi connectivity index (χ3v) is 10.2. The van der Waals surface area contributed by atoms with Crippen LogP contribution in [0.5, 0.6) is 5.75 Å². The van der Waals surface area contributed by atoms with E-state index in [1.165, 1.54) is 17.7 Å². The molecule has 1 spiro atoms. The van der Waals surface area contributed by atoms with Gasteiger partial charge in [-0.15, -0.1) is 0 Å². The second-order valence-corrected chi connectivity index (χ2v) is 14.1. The number of carbonyl (C=O) groups is 2. The van der Waals surface area contributed by atoms with Crippen LogP contribution in [0.15, 0.2) is 67.0 Å². The average Bonchev–Trinajstić information content (AvgIpc) is 3.84. The Labute approximate surface area is 297 Å². The van der Waals surface area contributed by atoms with Gasteiger partial charge in [-0.2, -0.15) is 5.10 Å². The number of nitrogens with zero attached hydrogens (tertiary/aromatic N) is 7.